The first kappa shape index (κ1) is 20.7. The van der Waals surface area contributed by atoms with Crippen molar-refractivity contribution in [1.82, 2.24) is 21.1 Å². The van der Waals surface area contributed by atoms with Gasteiger partial charge in [0.25, 0.3) is 5.91 Å². The molecule has 1 saturated carbocycles. The van der Waals surface area contributed by atoms with E-state index in [9.17, 15) is 19.1 Å². The van der Waals surface area contributed by atoms with Gasteiger partial charge in [0, 0.05) is 36.2 Å². The van der Waals surface area contributed by atoms with Gasteiger partial charge < -0.3 is 15.7 Å². The average Bonchev–Trinajstić information content (AvgIpc) is 3.09. The number of phenols is 1. The van der Waals surface area contributed by atoms with E-state index >= 15 is 0 Å². The van der Waals surface area contributed by atoms with Crippen LogP contribution in [0.15, 0.2) is 35.5 Å². The fourth-order valence-corrected chi connectivity index (χ4v) is 4.76. The summed E-state index contributed by atoms with van der Waals surface area (Å²) in [6.45, 7) is 2.32. The molecule has 2 amide bonds. The number of alkyl halides is 1. The number of carbonyl (C=O) groups excluding carboxylic acids is 2. The number of hydrogen-bond donors (Lipinski definition) is 4. The zero-order valence-corrected chi connectivity index (χ0v) is 17.2. The van der Waals surface area contributed by atoms with Gasteiger partial charge in [-0.2, -0.15) is 0 Å². The minimum Gasteiger partial charge on any atom is -0.508 e. The number of hydrazine groups is 1. The third kappa shape index (κ3) is 4.14. The van der Waals surface area contributed by atoms with E-state index in [2.05, 4.69) is 16.1 Å². The molecular formula is C22H29FN4O3. The summed E-state index contributed by atoms with van der Waals surface area (Å²) in [6.07, 6.45) is 2.18. The highest BCUT2D eigenvalue weighted by molar-refractivity contribution is 5.95. The molecule has 2 fully saturated rings. The predicted molar refractivity (Wildman–Crippen MR) is 110 cm³/mol. The molecular weight excluding hydrogens is 387 g/mol. The van der Waals surface area contributed by atoms with Crippen molar-refractivity contribution >= 4 is 11.8 Å². The summed E-state index contributed by atoms with van der Waals surface area (Å²) in [5.41, 5.74) is 5.53. The van der Waals surface area contributed by atoms with Crippen LogP contribution in [0.1, 0.15) is 44.6 Å². The number of halogens is 1. The summed E-state index contributed by atoms with van der Waals surface area (Å²) in [6, 6.07) is 6.86. The summed E-state index contributed by atoms with van der Waals surface area (Å²) in [7, 11) is 0. The molecule has 1 aromatic carbocycles. The number of rotatable bonds is 6. The largest absolute Gasteiger partial charge is 0.508 e. The summed E-state index contributed by atoms with van der Waals surface area (Å²) in [5, 5.41) is 17.0. The molecule has 0 aromatic heterocycles. The highest BCUT2D eigenvalue weighted by Crippen LogP contribution is 2.38. The Morgan fingerprint density at radius 2 is 2.03 bits per heavy atom. The SMILES string of the molecule is CC1=C(CCC(=O)NCCc2ccc(O)cc2)C(=O)N2NC3CCCC(F)C3C2N1. The van der Waals surface area contributed by atoms with Gasteiger partial charge in [-0.1, -0.05) is 12.1 Å². The van der Waals surface area contributed by atoms with Gasteiger partial charge >= 0.3 is 0 Å². The van der Waals surface area contributed by atoms with Crippen LogP contribution < -0.4 is 16.1 Å². The lowest BCUT2D eigenvalue weighted by Gasteiger charge is -2.36. The summed E-state index contributed by atoms with van der Waals surface area (Å²) >= 11 is 0. The lowest BCUT2D eigenvalue weighted by molar-refractivity contribution is -0.133. The number of hydrogen-bond acceptors (Lipinski definition) is 5. The van der Waals surface area contributed by atoms with Crippen molar-refractivity contribution in [2.75, 3.05) is 6.54 Å². The predicted octanol–water partition coefficient (Wildman–Crippen LogP) is 1.89. The van der Waals surface area contributed by atoms with Gasteiger partial charge in [0.1, 0.15) is 18.1 Å². The summed E-state index contributed by atoms with van der Waals surface area (Å²) < 4.78 is 14.5. The number of phenolic OH excluding ortho intramolecular Hbond substituents is 1. The second kappa shape index (κ2) is 8.63. The van der Waals surface area contributed by atoms with Gasteiger partial charge in [-0.25, -0.2) is 9.82 Å². The van der Waals surface area contributed by atoms with Crippen molar-refractivity contribution in [3.8, 4) is 5.75 Å². The van der Waals surface area contributed by atoms with Crippen LogP contribution in [0, 0.1) is 5.92 Å². The fraction of sp³-hybridized carbons (Fsp3) is 0.545. The molecule has 4 rings (SSSR count). The summed E-state index contributed by atoms with van der Waals surface area (Å²) in [5.74, 6) is -0.291. The van der Waals surface area contributed by atoms with E-state index in [-0.39, 0.29) is 42.1 Å². The van der Waals surface area contributed by atoms with Crippen molar-refractivity contribution in [2.24, 2.45) is 5.92 Å². The number of fused-ring (bicyclic) bond motifs is 3. The molecule has 1 aliphatic carbocycles. The van der Waals surface area contributed by atoms with Crippen LogP contribution in [0.3, 0.4) is 0 Å². The Balaban J connectivity index is 1.29. The second-order valence-electron chi connectivity index (χ2n) is 8.39. The van der Waals surface area contributed by atoms with E-state index in [0.717, 1.165) is 24.1 Å². The van der Waals surface area contributed by atoms with E-state index < -0.39 is 6.17 Å². The lowest BCUT2D eigenvalue weighted by Crippen LogP contribution is -2.55. The number of amides is 2. The van der Waals surface area contributed by atoms with Crippen molar-refractivity contribution < 1.29 is 19.1 Å². The Hall–Kier alpha value is -2.61. The molecule has 162 valence electrons. The van der Waals surface area contributed by atoms with Gasteiger partial charge in [-0.15, -0.1) is 0 Å². The smallest absolute Gasteiger partial charge is 0.267 e. The van der Waals surface area contributed by atoms with Crippen molar-refractivity contribution in [3.05, 3.63) is 41.1 Å². The Labute approximate surface area is 175 Å². The van der Waals surface area contributed by atoms with Crippen LogP contribution in [-0.2, 0) is 16.0 Å². The molecule has 4 N–H and O–H groups in total. The third-order valence-electron chi connectivity index (χ3n) is 6.39. The van der Waals surface area contributed by atoms with E-state index in [0.29, 0.717) is 31.4 Å². The standard InChI is InChI=1S/C22H29FN4O3/c1-13-16(9-10-19(29)24-12-11-14-5-7-15(28)8-6-14)22(30)27-21(25-13)20-17(23)3-2-4-18(20)26-27/h5-8,17-18,20-21,25-26,28H,2-4,9-12H2,1H3,(H,24,29). The third-order valence-corrected chi connectivity index (χ3v) is 6.39. The van der Waals surface area contributed by atoms with Crippen LogP contribution in [0.5, 0.6) is 5.75 Å². The Bertz CT molecular complexity index is 841. The van der Waals surface area contributed by atoms with E-state index in [1.807, 2.05) is 19.1 Å². The maximum atomic E-state index is 14.5. The number of allylic oxidation sites excluding steroid dienone is 1. The molecule has 7 nitrogen and oxygen atoms in total. The molecule has 4 atom stereocenters. The molecule has 30 heavy (non-hydrogen) atoms. The lowest BCUT2D eigenvalue weighted by atomic mass is 9.82. The van der Waals surface area contributed by atoms with Gasteiger partial charge in [0.15, 0.2) is 0 Å². The highest BCUT2D eigenvalue weighted by atomic mass is 19.1. The molecule has 8 heteroatoms. The van der Waals surface area contributed by atoms with Crippen LogP contribution in [0.4, 0.5) is 4.39 Å². The number of carbonyl (C=O) groups is 2. The zero-order chi connectivity index (χ0) is 21.3. The molecule has 0 radical (unpaired) electrons. The van der Waals surface area contributed by atoms with Gasteiger partial charge in [0.2, 0.25) is 5.91 Å². The highest BCUT2D eigenvalue weighted by Gasteiger charge is 2.51. The molecule has 0 bridgehead atoms. The molecule has 0 spiro atoms. The zero-order valence-electron chi connectivity index (χ0n) is 17.2. The van der Waals surface area contributed by atoms with Gasteiger partial charge in [-0.3, -0.25) is 14.6 Å². The quantitative estimate of drug-likeness (QED) is 0.568. The van der Waals surface area contributed by atoms with Crippen molar-refractivity contribution in [3.63, 3.8) is 0 Å². The maximum absolute atomic E-state index is 14.5. The Morgan fingerprint density at radius 3 is 2.80 bits per heavy atom. The number of nitrogens with one attached hydrogen (secondary N) is 3. The number of aromatic hydroxyl groups is 1. The molecule has 3 aliphatic rings. The monoisotopic (exact) mass is 416 g/mol. The number of benzene rings is 1. The second-order valence-corrected chi connectivity index (χ2v) is 8.39. The summed E-state index contributed by atoms with van der Waals surface area (Å²) in [4.78, 5) is 25.2. The normalized spacial score (nSPS) is 28.1. The van der Waals surface area contributed by atoms with Gasteiger partial charge in [0.05, 0.1) is 0 Å². The molecule has 2 heterocycles. The first-order valence-corrected chi connectivity index (χ1v) is 10.7. The topological polar surface area (TPSA) is 93.7 Å². The first-order chi connectivity index (χ1) is 14.4. The van der Waals surface area contributed by atoms with E-state index in [4.69, 9.17) is 0 Å². The Morgan fingerprint density at radius 1 is 1.27 bits per heavy atom. The van der Waals surface area contributed by atoms with Crippen LogP contribution in [0.25, 0.3) is 0 Å². The average molecular weight is 416 g/mol. The van der Waals surface area contributed by atoms with Crippen LogP contribution >= 0.6 is 0 Å². The van der Waals surface area contributed by atoms with Gasteiger partial charge in [-0.05, 0) is 56.7 Å². The van der Waals surface area contributed by atoms with E-state index in [1.165, 1.54) is 5.01 Å². The van der Waals surface area contributed by atoms with Crippen molar-refractivity contribution in [1.29, 1.82) is 0 Å². The molecule has 1 aromatic rings. The van der Waals surface area contributed by atoms with Crippen LogP contribution in [-0.4, -0.2) is 46.9 Å². The van der Waals surface area contributed by atoms with E-state index in [1.54, 1.807) is 12.1 Å². The molecule has 1 saturated heterocycles. The van der Waals surface area contributed by atoms with Crippen LogP contribution in [0.2, 0.25) is 0 Å². The maximum Gasteiger partial charge on any atom is 0.267 e. The fourth-order valence-electron chi connectivity index (χ4n) is 4.76. The molecule has 2 aliphatic heterocycles. The Kier molecular flexibility index (Phi) is 5.94. The minimum absolute atomic E-state index is 0.0226. The first-order valence-electron chi connectivity index (χ1n) is 10.7. The molecule has 4 unspecified atom stereocenters. The van der Waals surface area contributed by atoms with Crippen molar-refractivity contribution in [2.45, 2.75) is 63.8 Å². The number of nitrogens with zero attached hydrogens (tertiary/aromatic N) is 1. The minimum atomic E-state index is -0.916.